The Hall–Kier alpha value is -3.94. The minimum Gasteiger partial charge on any atom is -0.258 e. The summed E-state index contributed by atoms with van der Waals surface area (Å²) in [6.07, 6.45) is 0. The van der Waals surface area contributed by atoms with Gasteiger partial charge in [0.05, 0.1) is 24.8 Å². The van der Waals surface area contributed by atoms with E-state index in [9.17, 15) is 26.9 Å². The molecule has 0 atom stereocenters. The zero-order valence-electron chi connectivity index (χ0n) is 25.8. The quantitative estimate of drug-likeness (QED) is 0.105. The van der Waals surface area contributed by atoms with Gasteiger partial charge < -0.3 is 0 Å². The molecule has 21 heteroatoms. The highest BCUT2D eigenvalue weighted by atomic mass is 35.5. The number of hydrogen-bond donors (Lipinski definition) is 2. The average Bonchev–Trinajstić information content (AvgIpc) is 3.73. The SMILES string of the molecule is Cc1c(Cl)cccc1S(=O)(=O)Nc1nnc(-c2cc([N+](=O)[O-])ccc2Cl)s1.Cc1c(Cl)cccc1S(=O)(=O)Nc1nnc(-c2ccccc2Cl)s1. The third-order valence-electron chi connectivity index (χ3n) is 6.80. The molecule has 2 N–H and O–H groups in total. The molecule has 0 bridgehead atoms. The Kier molecular flexibility index (Phi) is 11.8. The van der Waals surface area contributed by atoms with Crippen molar-refractivity contribution in [2.45, 2.75) is 23.6 Å². The van der Waals surface area contributed by atoms with E-state index in [2.05, 4.69) is 29.8 Å². The first kappa shape index (κ1) is 38.3. The van der Waals surface area contributed by atoms with Gasteiger partial charge in [0.15, 0.2) is 10.0 Å². The summed E-state index contributed by atoms with van der Waals surface area (Å²) in [6.45, 7) is 3.23. The number of nitrogens with one attached hydrogen (secondary N) is 2. The highest BCUT2D eigenvalue weighted by Gasteiger charge is 2.23. The Bertz CT molecular complexity index is 2500. The van der Waals surface area contributed by atoms with Crippen molar-refractivity contribution in [2.75, 3.05) is 9.44 Å². The van der Waals surface area contributed by atoms with Gasteiger partial charge in [-0.1, -0.05) is 99.4 Å². The number of non-ortho nitro benzene ring substituents is 1. The number of anilines is 2. The summed E-state index contributed by atoms with van der Waals surface area (Å²) in [4.78, 5) is 10.5. The van der Waals surface area contributed by atoms with E-state index < -0.39 is 25.0 Å². The summed E-state index contributed by atoms with van der Waals surface area (Å²) in [7, 11) is -7.74. The number of nitro benzene ring substituents is 1. The van der Waals surface area contributed by atoms with Gasteiger partial charge >= 0.3 is 0 Å². The van der Waals surface area contributed by atoms with Gasteiger partial charge in [-0.2, -0.15) is 0 Å². The van der Waals surface area contributed by atoms with Gasteiger partial charge in [-0.05, 0) is 61.4 Å². The molecule has 6 aromatic rings. The number of sulfonamides is 2. The summed E-state index contributed by atoms with van der Waals surface area (Å²) < 4.78 is 55.0. The van der Waals surface area contributed by atoms with Crippen LogP contribution in [0.2, 0.25) is 20.1 Å². The maximum absolute atomic E-state index is 12.6. The first-order chi connectivity index (χ1) is 24.1. The number of hydrogen-bond acceptors (Lipinski definition) is 12. The molecule has 4 aromatic carbocycles. The predicted molar refractivity (Wildman–Crippen MR) is 201 cm³/mol. The summed E-state index contributed by atoms with van der Waals surface area (Å²) >= 11 is 26.2. The molecular weight excluding hydrogens is 824 g/mol. The second-order valence-electron chi connectivity index (χ2n) is 10.2. The van der Waals surface area contributed by atoms with E-state index >= 15 is 0 Å². The largest absolute Gasteiger partial charge is 0.270 e. The van der Waals surface area contributed by atoms with Crippen LogP contribution in [0.3, 0.4) is 0 Å². The summed E-state index contributed by atoms with van der Waals surface area (Å²) in [5, 5.41) is 28.8. The molecule has 0 spiro atoms. The number of nitro groups is 1. The van der Waals surface area contributed by atoms with Crippen molar-refractivity contribution in [3.8, 4) is 21.1 Å². The maximum atomic E-state index is 12.6. The number of halogens is 4. The Morgan fingerprint density at radius 2 is 1.06 bits per heavy atom. The fourth-order valence-electron chi connectivity index (χ4n) is 4.27. The number of rotatable bonds is 9. The lowest BCUT2D eigenvalue weighted by Crippen LogP contribution is -2.14. The first-order valence-corrected chi connectivity index (χ1v) is 20.1. The number of benzene rings is 4. The van der Waals surface area contributed by atoms with E-state index in [4.69, 9.17) is 46.4 Å². The van der Waals surface area contributed by atoms with E-state index in [0.717, 1.165) is 22.7 Å². The van der Waals surface area contributed by atoms with Crippen LogP contribution in [0.15, 0.2) is 88.7 Å². The van der Waals surface area contributed by atoms with E-state index in [1.165, 1.54) is 36.4 Å². The van der Waals surface area contributed by atoms with Crippen molar-refractivity contribution in [1.29, 1.82) is 0 Å². The Labute approximate surface area is 319 Å². The normalized spacial score (nSPS) is 11.4. The second-order valence-corrected chi connectivity index (χ2v) is 17.0. The van der Waals surface area contributed by atoms with E-state index in [-0.39, 0.29) is 41.3 Å². The van der Waals surface area contributed by atoms with Crippen LogP contribution in [-0.4, -0.2) is 42.2 Å². The van der Waals surface area contributed by atoms with Crippen molar-refractivity contribution >= 4 is 105 Å². The van der Waals surface area contributed by atoms with Crippen LogP contribution in [0, 0.1) is 24.0 Å². The number of nitrogens with zero attached hydrogens (tertiary/aromatic N) is 5. The molecule has 264 valence electrons. The minimum atomic E-state index is -3.93. The molecule has 6 rings (SSSR count). The van der Waals surface area contributed by atoms with Crippen LogP contribution < -0.4 is 9.44 Å². The van der Waals surface area contributed by atoms with Gasteiger partial charge in [0.25, 0.3) is 25.7 Å². The number of aromatic nitrogens is 4. The van der Waals surface area contributed by atoms with Gasteiger partial charge in [0, 0.05) is 33.3 Å². The molecule has 0 amide bonds. The zero-order valence-corrected chi connectivity index (χ0v) is 32.1. The van der Waals surface area contributed by atoms with E-state index in [1.807, 2.05) is 6.07 Å². The fourth-order valence-corrected chi connectivity index (χ4v) is 9.83. The highest BCUT2D eigenvalue weighted by molar-refractivity contribution is 7.93. The molecule has 0 saturated heterocycles. The van der Waals surface area contributed by atoms with Crippen molar-refractivity contribution in [2.24, 2.45) is 0 Å². The molecule has 0 radical (unpaired) electrons. The molecule has 2 heterocycles. The van der Waals surface area contributed by atoms with Crippen LogP contribution in [0.5, 0.6) is 0 Å². The summed E-state index contributed by atoms with van der Waals surface area (Å²) in [5.74, 6) is 0. The Morgan fingerprint density at radius 3 is 1.55 bits per heavy atom. The summed E-state index contributed by atoms with van der Waals surface area (Å²) in [5.41, 5.74) is 1.69. The molecule has 0 aliphatic carbocycles. The van der Waals surface area contributed by atoms with Gasteiger partial charge in [-0.25, -0.2) is 16.8 Å². The highest BCUT2D eigenvalue weighted by Crippen LogP contribution is 2.36. The monoisotopic (exact) mass is 843 g/mol. The standard InChI is InChI=1S/C15H10Cl2N4O4S2.C15H11Cl2N3O2S2/c1-8-11(16)3-2-4-13(8)27(24,25)20-15-19-18-14(26-15)10-7-9(21(22)23)5-6-12(10)17;1-9-11(16)7-4-8-13(9)24(21,22)20-15-19-18-14(23-15)10-5-2-3-6-12(10)17/h2-7H,1H3,(H,19,20);2-8H,1H3,(H,19,20). The van der Waals surface area contributed by atoms with Gasteiger partial charge in [0.2, 0.25) is 10.3 Å². The molecule has 13 nitrogen and oxygen atoms in total. The predicted octanol–water partition coefficient (Wildman–Crippen LogP) is 9.15. The third-order valence-corrected chi connectivity index (χ3v) is 13.3. The topological polar surface area (TPSA) is 187 Å². The smallest absolute Gasteiger partial charge is 0.258 e. The molecule has 2 aromatic heterocycles. The fraction of sp³-hybridized carbons (Fsp3) is 0.0667. The van der Waals surface area contributed by atoms with Crippen LogP contribution in [-0.2, 0) is 20.0 Å². The van der Waals surface area contributed by atoms with Crippen LogP contribution in [0.25, 0.3) is 21.1 Å². The van der Waals surface area contributed by atoms with E-state index in [0.29, 0.717) is 36.8 Å². The molecule has 0 aliphatic heterocycles. The molecule has 0 fully saturated rings. The van der Waals surface area contributed by atoms with E-state index in [1.54, 1.807) is 50.2 Å². The molecule has 0 saturated carbocycles. The minimum absolute atomic E-state index is 0.00746. The van der Waals surface area contributed by atoms with Crippen molar-refractivity contribution in [3.63, 3.8) is 0 Å². The van der Waals surface area contributed by atoms with Crippen molar-refractivity contribution in [3.05, 3.63) is 120 Å². The maximum Gasteiger partial charge on any atom is 0.270 e. The van der Waals surface area contributed by atoms with Gasteiger partial charge in [-0.3, -0.25) is 19.6 Å². The van der Waals surface area contributed by atoms with Crippen molar-refractivity contribution in [1.82, 2.24) is 20.4 Å². The van der Waals surface area contributed by atoms with Crippen LogP contribution in [0.4, 0.5) is 16.0 Å². The van der Waals surface area contributed by atoms with Crippen LogP contribution >= 0.6 is 69.1 Å². The lowest BCUT2D eigenvalue weighted by atomic mass is 10.2. The Balaban J connectivity index is 0.000000199. The Morgan fingerprint density at radius 1 is 0.608 bits per heavy atom. The summed E-state index contributed by atoms with van der Waals surface area (Å²) in [6, 6.07) is 20.3. The lowest BCUT2D eigenvalue weighted by Gasteiger charge is -2.08. The van der Waals surface area contributed by atoms with Gasteiger partial charge in [-0.15, -0.1) is 20.4 Å². The lowest BCUT2D eigenvalue weighted by molar-refractivity contribution is -0.384. The molecule has 0 unspecified atom stereocenters. The molecular formula is C30H21Cl4N7O6S4. The molecule has 51 heavy (non-hydrogen) atoms. The average molecular weight is 846 g/mol. The first-order valence-electron chi connectivity index (χ1n) is 14.0. The third kappa shape index (κ3) is 8.93. The molecule has 0 aliphatic rings. The van der Waals surface area contributed by atoms with Crippen LogP contribution in [0.1, 0.15) is 11.1 Å². The van der Waals surface area contributed by atoms with Gasteiger partial charge in [0.1, 0.15) is 0 Å². The second kappa shape index (κ2) is 15.7. The van der Waals surface area contributed by atoms with Crippen molar-refractivity contribution < 1.29 is 21.8 Å². The zero-order chi connectivity index (χ0) is 37.1.